The number of ether oxygens (including phenoxy) is 1. The lowest BCUT2D eigenvalue weighted by Gasteiger charge is -2.20. The van der Waals surface area contributed by atoms with Crippen LogP contribution in [0.4, 0.5) is 0 Å². The first-order valence-electron chi connectivity index (χ1n) is 4.67. The average molecular weight is 279 g/mol. The van der Waals surface area contributed by atoms with Gasteiger partial charge in [-0.05, 0) is 42.7 Å². The van der Waals surface area contributed by atoms with Crippen molar-refractivity contribution in [1.29, 1.82) is 0 Å². The Labute approximate surface area is 98.4 Å². The number of rotatable bonds is 0. The zero-order valence-corrected chi connectivity index (χ0v) is 10.4. The van der Waals surface area contributed by atoms with Gasteiger partial charge < -0.3 is 4.74 Å². The van der Waals surface area contributed by atoms with E-state index in [0.29, 0.717) is 8.58 Å². The Bertz CT molecular complexity index is 525. The molecule has 2 aromatic rings. The first-order valence-corrected chi connectivity index (χ1v) is 6.46. The van der Waals surface area contributed by atoms with Crippen LogP contribution in [0.2, 0.25) is 0 Å². The molecule has 1 heterocycles. The summed E-state index contributed by atoms with van der Waals surface area (Å²) in [6.07, 6.45) is 0. The van der Waals surface area contributed by atoms with Crippen LogP contribution < -0.4 is 15.3 Å². The maximum atomic E-state index is 5.84. The number of benzene rings is 2. The minimum atomic E-state index is 0.671. The summed E-state index contributed by atoms with van der Waals surface area (Å²) in [5.41, 5.74) is 0. The van der Waals surface area contributed by atoms with Crippen LogP contribution in [0.5, 0.6) is 11.5 Å². The van der Waals surface area contributed by atoms with Crippen molar-refractivity contribution in [2.75, 3.05) is 0 Å². The summed E-state index contributed by atoms with van der Waals surface area (Å²) in [7, 11) is 0.671. The van der Waals surface area contributed by atoms with Gasteiger partial charge in [0.05, 0.1) is 0 Å². The van der Waals surface area contributed by atoms with E-state index in [1.807, 2.05) is 24.3 Å². The first kappa shape index (κ1) is 9.38. The van der Waals surface area contributed by atoms with Gasteiger partial charge in [-0.3, -0.25) is 0 Å². The van der Waals surface area contributed by atoms with Crippen LogP contribution in [0.15, 0.2) is 46.9 Å². The number of halogens is 1. The Morgan fingerprint density at radius 1 is 0.933 bits per heavy atom. The second-order valence-electron chi connectivity index (χ2n) is 3.34. The highest BCUT2D eigenvalue weighted by atomic mass is 79.9. The molecule has 0 saturated carbocycles. The van der Waals surface area contributed by atoms with Gasteiger partial charge in [0.1, 0.15) is 11.5 Å². The van der Waals surface area contributed by atoms with Gasteiger partial charge in [-0.15, -0.1) is 0 Å². The molecule has 1 atom stereocenters. The van der Waals surface area contributed by atoms with Crippen LogP contribution in [0.1, 0.15) is 0 Å². The maximum absolute atomic E-state index is 5.84. The summed E-state index contributed by atoms with van der Waals surface area (Å²) in [6, 6.07) is 14.3. The van der Waals surface area contributed by atoms with Crippen LogP contribution in [0, 0.1) is 0 Å². The third-order valence-corrected chi connectivity index (χ3v) is 4.82. The minimum absolute atomic E-state index is 0.671. The van der Waals surface area contributed by atoms with Crippen molar-refractivity contribution in [2.45, 2.75) is 0 Å². The van der Waals surface area contributed by atoms with Crippen molar-refractivity contribution in [1.82, 2.24) is 0 Å². The van der Waals surface area contributed by atoms with E-state index < -0.39 is 0 Å². The van der Waals surface area contributed by atoms with E-state index in [-0.39, 0.29) is 0 Å². The van der Waals surface area contributed by atoms with E-state index in [4.69, 9.17) is 4.74 Å². The van der Waals surface area contributed by atoms with Gasteiger partial charge in [0, 0.05) is 15.1 Å². The molecule has 1 aliphatic heterocycles. The number of fused-ring (bicyclic) bond motifs is 2. The van der Waals surface area contributed by atoms with Gasteiger partial charge in [-0.2, -0.15) is 0 Å². The molecule has 0 aliphatic carbocycles. The summed E-state index contributed by atoms with van der Waals surface area (Å²) in [4.78, 5) is 0. The molecule has 1 aliphatic rings. The van der Waals surface area contributed by atoms with E-state index >= 15 is 0 Å². The summed E-state index contributed by atoms with van der Waals surface area (Å²) < 4.78 is 6.97. The normalized spacial score (nSPS) is 14.2. The molecule has 0 fully saturated rings. The standard InChI is InChI=1S/C12H8BrOP/c13-8-4-3-6-10-12(8)15-11-7-2-1-5-9(11)14-10/h1-7,15H. The van der Waals surface area contributed by atoms with Crippen LogP contribution >= 0.6 is 24.5 Å². The van der Waals surface area contributed by atoms with Crippen LogP contribution in [-0.4, -0.2) is 0 Å². The molecule has 0 bridgehead atoms. The molecule has 0 radical (unpaired) electrons. The Morgan fingerprint density at radius 3 is 2.67 bits per heavy atom. The van der Waals surface area contributed by atoms with Gasteiger partial charge in [-0.25, -0.2) is 0 Å². The predicted octanol–water partition coefficient (Wildman–Crippen LogP) is 3.18. The first-order chi connectivity index (χ1) is 7.34. The smallest absolute Gasteiger partial charge is 0.136 e. The molecule has 0 amide bonds. The average Bonchev–Trinajstić information content (AvgIpc) is 2.27. The van der Waals surface area contributed by atoms with E-state index in [9.17, 15) is 0 Å². The predicted molar refractivity (Wildman–Crippen MR) is 68.2 cm³/mol. The van der Waals surface area contributed by atoms with Crippen molar-refractivity contribution >= 4 is 35.1 Å². The Balaban J connectivity index is 2.15. The number of para-hydroxylation sites is 1. The second-order valence-corrected chi connectivity index (χ2v) is 5.48. The molecule has 2 aromatic carbocycles. The summed E-state index contributed by atoms with van der Waals surface area (Å²) in [5.74, 6) is 1.96. The molecule has 1 unspecified atom stereocenters. The fraction of sp³-hybridized carbons (Fsp3) is 0. The quantitative estimate of drug-likeness (QED) is 0.574. The van der Waals surface area contributed by atoms with Crippen molar-refractivity contribution < 1.29 is 4.74 Å². The zero-order chi connectivity index (χ0) is 10.3. The van der Waals surface area contributed by atoms with Crippen molar-refractivity contribution in [3.63, 3.8) is 0 Å². The lowest BCUT2D eigenvalue weighted by Crippen LogP contribution is -2.15. The fourth-order valence-electron chi connectivity index (χ4n) is 1.62. The lowest BCUT2D eigenvalue weighted by molar-refractivity contribution is 0.488. The fourth-order valence-corrected chi connectivity index (χ4v) is 3.43. The molecular formula is C12H8BrOP. The molecule has 3 rings (SSSR count). The number of hydrogen-bond donors (Lipinski definition) is 0. The van der Waals surface area contributed by atoms with E-state index in [2.05, 4.69) is 34.1 Å². The molecular weight excluding hydrogens is 271 g/mol. The maximum Gasteiger partial charge on any atom is 0.136 e. The van der Waals surface area contributed by atoms with E-state index in [1.54, 1.807) is 0 Å². The highest BCUT2D eigenvalue weighted by Gasteiger charge is 2.17. The molecule has 0 N–H and O–H groups in total. The van der Waals surface area contributed by atoms with Crippen LogP contribution in [0.3, 0.4) is 0 Å². The number of hydrogen-bond acceptors (Lipinski definition) is 1. The van der Waals surface area contributed by atoms with Crippen molar-refractivity contribution in [3.05, 3.63) is 46.9 Å². The minimum Gasteiger partial charge on any atom is -0.456 e. The monoisotopic (exact) mass is 278 g/mol. The molecule has 0 aromatic heterocycles. The van der Waals surface area contributed by atoms with Gasteiger partial charge in [0.25, 0.3) is 0 Å². The highest BCUT2D eigenvalue weighted by molar-refractivity contribution is 9.10. The SMILES string of the molecule is Brc1cccc2c1Pc1ccccc1O2. The highest BCUT2D eigenvalue weighted by Crippen LogP contribution is 2.35. The van der Waals surface area contributed by atoms with Crippen LogP contribution in [0.25, 0.3) is 0 Å². The van der Waals surface area contributed by atoms with Gasteiger partial charge in [0.2, 0.25) is 0 Å². The van der Waals surface area contributed by atoms with Crippen molar-refractivity contribution in [2.24, 2.45) is 0 Å². The van der Waals surface area contributed by atoms with Crippen LogP contribution in [-0.2, 0) is 0 Å². The Kier molecular flexibility index (Phi) is 2.27. The van der Waals surface area contributed by atoms with Gasteiger partial charge >= 0.3 is 0 Å². The summed E-state index contributed by atoms with van der Waals surface area (Å²) >= 11 is 3.56. The Hall–Kier alpha value is -0.850. The largest absolute Gasteiger partial charge is 0.456 e. The molecule has 0 saturated heterocycles. The Morgan fingerprint density at radius 2 is 1.73 bits per heavy atom. The molecule has 15 heavy (non-hydrogen) atoms. The van der Waals surface area contributed by atoms with E-state index in [1.165, 1.54) is 10.6 Å². The van der Waals surface area contributed by atoms with Crippen molar-refractivity contribution in [3.8, 4) is 11.5 Å². The zero-order valence-electron chi connectivity index (χ0n) is 7.83. The molecule has 1 nitrogen and oxygen atoms in total. The van der Waals surface area contributed by atoms with Gasteiger partial charge in [0.15, 0.2) is 0 Å². The van der Waals surface area contributed by atoms with E-state index in [0.717, 1.165) is 16.0 Å². The summed E-state index contributed by atoms with van der Waals surface area (Å²) in [5, 5.41) is 2.54. The summed E-state index contributed by atoms with van der Waals surface area (Å²) in [6.45, 7) is 0. The molecule has 0 spiro atoms. The molecule has 3 heteroatoms. The molecule has 74 valence electrons. The second kappa shape index (κ2) is 3.62. The third kappa shape index (κ3) is 1.58. The topological polar surface area (TPSA) is 9.23 Å². The van der Waals surface area contributed by atoms with Gasteiger partial charge in [-0.1, -0.05) is 24.3 Å². The third-order valence-electron chi connectivity index (χ3n) is 2.34. The lowest BCUT2D eigenvalue weighted by atomic mass is 10.3.